The molecule has 5 nitrogen and oxygen atoms in total. The summed E-state index contributed by atoms with van der Waals surface area (Å²) in [5.74, 6) is 0.597. The molecule has 1 aliphatic heterocycles. The molecule has 1 aromatic carbocycles. The van der Waals surface area contributed by atoms with Crippen LogP contribution in [0, 0.1) is 0 Å². The van der Waals surface area contributed by atoms with Crippen LogP contribution in [-0.2, 0) is 4.79 Å². The number of benzene rings is 1. The number of nitrogens with zero attached hydrogens (tertiary/aromatic N) is 1. The Hall–Kier alpha value is -1.30. The molecular weight excluding hydrogens is 292 g/mol. The smallest absolute Gasteiger partial charge is 0.221 e. The first-order valence-electron chi connectivity index (χ1n) is 7.04. The molecule has 1 amide bonds. The average Bonchev–Trinajstić information content (AvgIpc) is 2.90. The van der Waals surface area contributed by atoms with Gasteiger partial charge in [-0.25, -0.2) is 0 Å². The fraction of sp³-hybridized carbons (Fsp3) is 0.533. The maximum atomic E-state index is 10.9. The molecule has 0 aromatic heterocycles. The fourth-order valence-electron chi connectivity index (χ4n) is 2.35. The number of rotatable bonds is 6. The Bertz CT molecular complexity index is 433. The predicted molar refractivity (Wildman–Crippen MR) is 77.9 cm³/mol. The molecule has 1 atom stereocenters. The van der Waals surface area contributed by atoms with Gasteiger partial charge in [0, 0.05) is 19.2 Å². The molecule has 6 heteroatoms. The van der Waals surface area contributed by atoms with Crippen LogP contribution in [0.1, 0.15) is 19.8 Å². The number of nitrogens with one attached hydrogen (secondary N) is 1. The second-order valence-corrected chi connectivity index (χ2v) is 5.18. The van der Waals surface area contributed by atoms with Gasteiger partial charge in [0.1, 0.15) is 18.5 Å². The highest BCUT2D eigenvalue weighted by Crippen LogP contribution is 2.16. The first-order valence-corrected chi connectivity index (χ1v) is 7.04. The number of halogens is 1. The third-order valence-corrected chi connectivity index (χ3v) is 3.28. The first-order chi connectivity index (χ1) is 9.63. The molecule has 0 aliphatic carbocycles. The number of carbonyl (C=O) groups is 1. The van der Waals surface area contributed by atoms with Crippen molar-refractivity contribution in [2.75, 3.05) is 31.6 Å². The summed E-state index contributed by atoms with van der Waals surface area (Å²) in [4.78, 5) is 13.2. The number of ether oxygens (including phenoxy) is 1. The largest absolute Gasteiger partial charge is 1.00 e. The van der Waals surface area contributed by atoms with Crippen LogP contribution >= 0.6 is 0 Å². The first kappa shape index (κ1) is 17.8. The molecule has 0 radical (unpaired) electrons. The van der Waals surface area contributed by atoms with Crippen molar-refractivity contribution in [2.45, 2.75) is 25.9 Å². The van der Waals surface area contributed by atoms with E-state index in [1.165, 1.54) is 19.8 Å². The Morgan fingerprint density at radius 2 is 1.95 bits per heavy atom. The molecular formula is C15H22ClN2O3-. The lowest BCUT2D eigenvalue weighted by molar-refractivity contribution is -0.114. The van der Waals surface area contributed by atoms with E-state index >= 15 is 0 Å². The number of aliphatic hydroxyl groups excluding tert-OH is 1. The lowest BCUT2D eigenvalue weighted by atomic mass is 10.3. The van der Waals surface area contributed by atoms with Crippen molar-refractivity contribution < 1.29 is 27.0 Å². The number of amides is 1. The van der Waals surface area contributed by atoms with Crippen LogP contribution in [0.3, 0.4) is 0 Å². The molecule has 2 N–H and O–H groups in total. The maximum Gasteiger partial charge on any atom is 0.221 e. The quantitative estimate of drug-likeness (QED) is 0.670. The molecule has 1 fully saturated rings. The van der Waals surface area contributed by atoms with E-state index in [0.29, 0.717) is 12.3 Å². The van der Waals surface area contributed by atoms with Gasteiger partial charge >= 0.3 is 0 Å². The van der Waals surface area contributed by atoms with E-state index in [2.05, 4.69) is 10.2 Å². The number of β-amino-alcohol motifs (C(OH)–C–C–N with tert-alkyl or cyclic N) is 1. The fourth-order valence-corrected chi connectivity index (χ4v) is 2.35. The van der Waals surface area contributed by atoms with E-state index in [1.54, 1.807) is 24.3 Å². The Balaban J connectivity index is 0.00000220. The van der Waals surface area contributed by atoms with Crippen molar-refractivity contribution in [3.8, 4) is 5.75 Å². The molecule has 118 valence electrons. The summed E-state index contributed by atoms with van der Waals surface area (Å²) in [6.07, 6.45) is 1.97. The van der Waals surface area contributed by atoms with E-state index in [4.69, 9.17) is 4.74 Å². The molecule has 1 aromatic rings. The second-order valence-electron chi connectivity index (χ2n) is 5.18. The third kappa shape index (κ3) is 6.33. The van der Waals surface area contributed by atoms with Crippen molar-refractivity contribution >= 4 is 11.6 Å². The second kappa shape index (κ2) is 8.87. The van der Waals surface area contributed by atoms with Crippen LogP contribution in [0.25, 0.3) is 0 Å². The van der Waals surface area contributed by atoms with Gasteiger partial charge < -0.3 is 32.5 Å². The number of aliphatic hydroxyl groups is 1. The molecule has 2 rings (SSSR count). The third-order valence-electron chi connectivity index (χ3n) is 3.28. The van der Waals surface area contributed by atoms with Gasteiger partial charge in [-0.15, -0.1) is 0 Å². The molecule has 1 heterocycles. The monoisotopic (exact) mass is 313 g/mol. The summed E-state index contributed by atoms with van der Waals surface area (Å²) >= 11 is 0. The minimum absolute atomic E-state index is 0. The van der Waals surface area contributed by atoms with Gasteiger partial charge in [0.15, 0.2) is 0 Å². The van der Waals surface area contributed by atoms with Gasteiger partial charge in [0.25, 0.3) is 0 Å². The number of likely N-dealkylation sites (tertiary alicyclic amines) is 1. The van der Waals surface area contributed by atoms with Crippen LogP contribution in [0.2, 0.25) is 0 Å². The average molecular weight is 314 g/mol. The molecule has 1 aliphatic rings. The zero-order valence-corrected chi connectivity index (χ0v) is 13.0. The van der Waals surface area contributed by atoms with Crippen LogP contribution in [-0.4, -0.2) is 48.3 Å². The molecule has 0 spiro atoms. The SMILES string of the molecule is CC(=O)Nc1ccc(OCC(O)CN2CCCC2)cc1.[Cl-]. The highest BCUT2D eigenvalue weighted by molar-refractivity contribution is 5.88. The van der Waals surface area contributed by atoms with Crippen LogP contribution in [0.5, 0.6) is 5.75 Å². The molecule has 1 unspecified atom stereocenters. The Morgan fingerprint density at radius 1 is 1.33 bits per heavy atom. The van der Waals surface area contributed by atoms with E-state index in [-0.39, 0.29) is 24.9 Å². The highest BCUT2D eigenvalue weighted by atomic mass is 35.5. The van der Waals surface area contributed by atoms with Crippen molar-refractivity contribution in [1.29, 1.82) is 0 Å². The van der Waals surface area contributed by atoms with Crippen molar-refractivity contribution in [3.63, 3.8) is 0 Å². The lowest BCUT2D eigenvalue weighted by Gasteiger charge is -2.19. The molecule has 0 saturated carbocycles. The van der Waals surface area contributed by atoms with Crippen molar-refractivity contribution in [1.82, 2.24) is 4.90 Å². The summed E-state index contributed by atoms with van der Waals surface area (Å²) in [6, 6.07) is 7.13. The highest BCUT2D eigenvalue weighted by Gasteiger charge is 2.16. The van der Waals surface area contributed by atoms with Crippen LogP contribution < -0.4 is 22.5 Å². The zero-order chi connectivity index (χ0) is 14.4. The number of hydrogen-bond donors (Lipinski definition) is 2. The van der Waals surface area contributed by atoms with E-state index in [1.807, 2.05) is 0 Å². The summed E-state index contributed by atoms with van der Waals surface area (Å²) in [6.45, 7) is 4.57. The standard InChI is InChI=1S/C15H22N2O3.ClH/c1-12(18)16-13-4-6-15(7-5-13)20-11-14(19)10-17-8-2-3-9-17;/h4-7,14,19H,2-3,8-11H2,1H3,(H,16,18);1H/p-1. The van der Waals surface area contributed by atoms with E-state index in [0.717, 1.165) is 18.8 Å². The van der Waals surface area contributed by atoms with Crippen molar-refractivity contribution in [3.05, 3.63) is 24.3 Å². The minimum Gasteiger partial charge on any atom is -1.00 e. The van der Waals surface area contributed by atoms with Gasteiger partial charge in [-0.3, -0.25) is 4.79 Å². The Kier molecular flexibility index (Phi) is 7.50. The summed E-state index contributed by atoms with van der Waals surface area (Å²) in [7, 11) is 0. The van der Waals surface area contributed by atoms with E-state index in [9.17, 15) is 9.90 Å². The van der Waals surface area contributed by atoms with Gasteiger partial charge in [-0.2, -0.15) is 0 Å². The number of carbonyl (C=O) groups excluding carboxylic acids is 1. The summed E-state index contributed by atoms with van der Waals surface area (Å²) in [5, 5.41) is 12.6. The predicted octanol–water partition coefficient (Wildman–Crippen LogP) is -1.52. The number of hydrogen-bond acceptors (Lipinski definition) is 4. The zero-order valence-electron chi connectivity index (χ0n) is 12.2. The summed E-state index contributed by atoms with van der Waals surface area (Å²) in [5.41, 5.74) is 0.738. The van der Waals surface area contributed by atoms with Crippen LogP contribution in [0.15, 0.2) is 24.3 Å². The summed E-state index contributed by atoms with van der Waals surface area (Å²) < 4.78 is 5.55. The maximum absolute atomic E-state index is 10.9. The molecule has 1 saturated heterocycles. The molecule has 0 bridgehead atoms. The van der Waals surface area contributed by atoms with Crippen LogP contribution in [0.4, 0.5) is 5.69 Å². The van der Waals surface area contributed by atoms with Gasteiger partial charge in [-0.05, 0) is 50.2 Å². The minimum atomic E-state index is -0.469. The Labute approximate surface area is 131 Å². The van der Waals surface area contributed by atoms with Gasteiger partial charge in [0.2, 0.25) is 5.91 Å². The van der Waals surface area contributed by atoms with Gasteiger partial charge in [-0.1, -0.05) is 0 Å². The lowest BCUT2D eigenvalue weighted by Crippen LogP contribution is -3.00. The number of anilines is 1. The Morgan fingerprint density at radius 3 is 2.52 bits per heavy atom. The topological polar surface area (TPSA) is 61.8 Å². The van der Waals surface area contributed by atoms with Gasteiger partial charge in [0.05, 0.1) is 0 Å². The van der Waals surface area contributed by atoms with E-state index < -0.39 is 6.10 Å². The van der Waals surface area contributed by atoms with Crippen molar-refractivity contribution in [2.24, 2.45) is 0 Å². The molecule has 21 heavy (non-hydrogen) atoms. The normalized spacial score (nSPS) is 16.1.